The van der Waals surface area contributed by atoms with Crippen molar-refractivity contribution < 1.29 is 13.9 Å². The predicted molar refractivity (Wildman–Crippen MR) is 41.4 cm³/mol. The van der Waals surface area contributed by atoms with Gasteiger partial charge in [0.15, 0.2) is 0 Å². The van der Waals surface area contributed by atoms with Crippen molar-refractivity contribution in [2.45, 2.75) is 13.0 Å². The lowest BCUT2D eigenvalue weighted by molar-refractivity contribution is 0.194. The molecule has 0 bridgehead atoms. The van der Waals surface area contributed by atoms with Gasteiger partial charge in [-0.25, -0.2) is 8.78 Å². The van der Waals surface area contributed by atoms with Crippen LogP contribution in [0.25, 0.3) is 0 Å². The largest absolute Gasteiger partial charge is 0.396 e. The van der Waals surface area contributed by atoms with Crippen LogP contribution in [-0.4, -0.2) is 5.11 Å². The van der Waals surface area contributed by atoms with E-state index in [1.807, 2.05) is 0 Å². The van der Waals surface area contributed by atoms with E-state index in [1.165, 1.54) is 6.92 Å². The SMILES string of the molecule is CC(O)c1cc(N)c(F)cc1F. The predicted octanol–water partition coefficient (Wildman–Crippen LogP) is 1.60. The Bertz CT molecular complexity index is 299. The third-order valence-corrected chi connectivity index (χ3v) is 1.57. The molecule has 2 nitrogen and oxygen atoms in total. The van der Waals surface area contributed by atoms with Crippen LogP contribution in [0.1, 0.15) is 18.6 Å². The molecule has 0 amide bonds. The Kier molecular flexibility index (Phi) is 2.28. The van der Waals surface area contributed by atoms with Crippen molar-refractivity contribution in [3.05, 3.63) is 29.3 Å². The third-order valence-electron chi connectivity index (χ3n) is 1.57. The zero-order valence-corrected chi connectivity index (χ0v) is 6.51. The number of halogens is 2. The lowest BCUT2D eigenvalue weighted by Crippen LogP contribution is -2.00. The molecule has 4 heteroatoms. The topological polar surface area (TPSA) is 46.2 Å². The number of aliphatic hydroxyl groups excluding tert-OH is 1. The number of aliphatic hydroxyl groups is 1. The summed E-state index contributed by atoms with van der Waals surface area (Å²) in [5.74, 6) is -1.59. The molecule has 12 heavy (non-hydrogen) atoms. The molecule has 1 rings (SSSR count). The highest BCUT2D eigenvalue weighted by atomic mass is 19.1. The standard InChI is InChI=1S/C8H9F2NO/c1-4(12)5-2-8(11)7(10)3-6(5)9/h2-4,12H,11H2,1H3. The van der Waals surface area contributed by atoms with Gasteiger partial charge in [-0.1, -0.05) is 0 Å². The zero-order chi connectivity index (χ0) is 9.30. The van der Waals surface area contributed by atoms with Gasteiger partial charge in [-0.2, -0.15) is 0 Å². The summed E-state index contributed by atoms with van der Waals surface area (Å²) in [4.78, 5) is 0. The van der Waals surface area contributed by atoms with Crippen LogP contribution in [0, 0.1) is 11.6 Å². The first-order valence-electron chi connectivity index (χ1n) is 3.45. The number of anilines is 1. The van der Waals surface area contributed by atoms with Crippen LogP contribution in [0.2, 0.25) is 0 Å². The summed E-state index contributed by atoms with van der Waals surface area (Å²) in [6.45, 7) is 1.38. The van der Waals surface area contributed by atoms with Gasteiger partial charge in [0.05, 0.1) is 11.8 Å². The molecular formula is C8H9F2NO. The van der Waals surface area contributed by atoms with Crippen LogP contribution < -0.4 is 5.73 Å². The molecular weight excluding hydrogens is 164 g/mol. The Hall–Kier alpha value is -1.16. The lowest BCUT2D eigenvalue weighted by Gasteiger charge is -2.07. The van der Waals surface area contributed by atoms with Gasteiger partial charge >= 0.3 is 0 Å². The highest BCUT2D eigenvalue weighted by Crippen LogP contribution is 2.21. The van der Waals surface area contributed by atoms with Gasteiger partial charge in [0.2, 0.25) is 0 Å². The molecule has 0 spiro atoms. The van der Waals surface area contributed by atoms with Gasteiger partial charge in [0, 0.05) is 11.6 Å². The minimum Gasteiger partial charge on any atom is -0.396 e. The van der Waals surface area contributed by atoms with Crippen molar-refractivity contribution in [2.75, 3.05) is 5.73 Å². The Morgan fingerprint density at radius 1 is 1.33 bits per heavy atom. The lowest BCUT2D eigenvalue weighted by atomic mass is 10.1. The van der Waals surface area contributed by atoms with Gasteiger partial charge in [-0.15, -0.1) is 0 Å². The maximum atomic E-state index is 12.8. The maximum absolute atomic E-state index is 12.8. The fourth-order valence-corrected chi connectivity index (χ4v) is 0.903. The fraction of sp³-hybridized carbons (Fsp3) is 0.250. The van der Waals surface area contributed by atoms with Crippen LogP contribution in [-0.2, 0) is 0 Å². The summed E-state index contributed by atoms with van der Waals surface area (Å²) in [5.41, 5.74) is 5.02. The van der Waals surface area contributed by atoms with Gasteiger partial charge in [0.1, 0.15) is 11.6 Å². The summed E-state index contributed by atoms with van der Waals surface area (Å²) in [6.07, 6.45) is -0.979. The monoisotopic (exact) mass is 173 g/mol. The van der Waals surface area contributed by atoms with Crippen LogP contribution in [0.3, 0.4) is 0 Å². The summed E-state index contributed by atoms with van der Waals surface area (Å²) in [5, 5.41) is 9.00. The molecule has 0 heterocycles. The number of rotatable bonds is 1. The molecule has 1 aromatic rings. The van der Waals surface area contributed by atoms with E-state index in [9.17, 15) is 8.78 Å². The number of nitrogen functional groups attached to an aromatic ring is 1. The summed E-state index contributed by atoms with van der Waals surface area (Å²) in [7, 11) is 0. The summed E-state index contributed by atoms with van der Waals surface area (Å²) >= 11 is 0. The first-order chi connectivity index (χ1) is 5.52. The number of hydrogen-bond donors (Lipinski definition) is 2. The number of nitrogens with two attached hydrogens (primary N) is 1. The molecule has 1 unspecified atom stereocenters. The van der Waals surface area contributed by atoms with E-state index in [-0.39, 0.29) is 11.3 Å². The van der Waals surface area contributed by atoms with E-state index in [0.29, 0.717) is 6.07 Å². The first kappa shape index (κ1) is 8.93. The van der Waals surface area contributed by atoms with E-state index in [1.54, 1.807) is 0 Å². The van der Waals surface area contributed by atoms with Crippen LogP contribution in [0.15, 0.2) is 12.1 Å². The molecule has 0 radical (unpaired) electrons. The number of benzene rings is 1. The Labute approximate surface area is 68.6 Å². The van der Waals surface area contributed by atoms with Crippen molar-refractivity contribution in [1.82, 2.24) is 0 Å². The zero-order valence-electron chi connectivity index (χ0n) is 6.51. The summed E-state index contributed by atoms with van der Waals surface area (Å²) < 4.78 is 25.4. The number of hydrogen-bond acceptors (Lipinski definition) is 2. The molecule has 0 aliphatic rings. The first-order valence-corrected chi connectivity index (χ1v) is 3.45. The molecule has 0 aromatic heterocycles. The smallest absolute Gasteiger partial charge is 0.149 e. The quantitative estimate of drug-likeness (QED) is 0.633. The Balaban J connectivity index is 3.23. The fourth-order valence-electron chi connectivity index (χ4n) is 0.903. The average Bonchev–Trinajstić information content (AvgIpc) is 1.96. The summed E-state index contributed by atoms with van der Waals surface area (Å²) in [6, 6.07) is 1.76. The van der Waals surface area contributed by atoms with E-state index < -0.39 is 17.7 Å². The second kappa shape index (κ2) is 3.06. The van der Waals surface area contributed by atoms with E-state index >= 15 is 0 Å². The second-order valence-corrected chi connectivity index (χ2v) is 2.57. The molecule has 0 saturated carbocycles. The normalized spacial score (nSPS) is 13.0. The molecule has 0 aliphatic heterocycles. The van der Waals surface area contributed by atoms with Crippen LogP contribution in [0.4, 0.5) is 14.5 Å². The van der Waals surface area contributed by atoms with Crippen molar-refractivity contribution in [3.63, 3.8) is 0 Å². The molecule has 1 atom stereocenters. The van der Waals surface area contributed by atoms with Crippen molar-refractivity contribution in [1.29, 1.82) is 0 Å². The highest BCUT2D eigenvalue weighted by molar-refractivity contribution is 5.43. The minimum absolute atomic E-state index is 0.00824. The van der Waals surface area contributed by atoms with E-state index in [0.717, 1.165) is 6.07 Å². The highest BCUT2D eigenvalue weighted by Gasteiger charge is 2.11. The second-order valence-electron chi connectivity index (χ2n) is 2.57. The molecule has 3 N–H and O–H groups in total. The van der Waals surface area contributed by atoms with Crippen molar-refractivity contribution in [3.8, 4) is 0 Å². The van der Waals surface area contributed by atoms with Gasteiger partial charge in [-0.05, 0) is 13.0 Å². The van der Waals surface area contributed by atoms with E-state index in [4.69, 9.17) is 10.8 Å². The Morgan fingerprint density at radius 3 is 2.42 bits per heavy atom. The maximum Gasteiger partial charge on any atom is 0.149 e. The molecule has 0 fully saturated rings. The molecule has 1 aromatic carbocycles. The van der Waals surface area contributed by atoms with Crippen LogP contribution >= 0.6 is 0 Å². The van der Waals surface area contributed by atoms with Gasteiger partial charge < -0.3 is 10.8 Å². The van der Waals surface area contributed by atoms with Gasteiger partial charge in [0.25, 0.3) is 0 Å². The van der Waals surface area contributed by atoms with Crippen molar-refractivity contribution >= 4 is 5.69 Å². The minimum atomic E-state index is -0.979. The van der Waals surface area contributed by atoms with Crippen LogP contribution in [0.5, 0.6) is 0 Å². The van der Waals surface area contributed by atoms with Gasteiger partial charge in [-0.3, -0.25) is 0 Å². The van der Waals surface area contributed by atoms with Crippen molar-refractivity contribution in [2.24, 2.45) is 0 Å². The average molecular weight is 173 g/mol. The molecule has 66 valence electrons. The molecule has 0 aliphatic carbocycles. The molecule has 0 saturated heterocycles. The van der Waals surface area contributed by atoms with E-state index in [2.05, 4.69) is 0 Å². The third kappa shape index (κ3) is 1.53. The Morgan fingerprint density at radius 2 is 1.92 bits per heavy atom.